The van der Waals surface area contributed by atoms with Gasteiger partial charge in [0.1, 0.15) is 0 Å². The first-order valence-corrected chi connectivity index (χ1v) is 13.1. The third kappa shape index (κ3) is 24.7. The number of carbonyl (C=O) groups excluding carboxylic acids is 1. The number of aliphatic hydroxyl groups is 2. The second kappa shape index (κ2) is 22.1. The van der Waals surface area contributed by atoms with E-state index in [2.05, 4.69) is 12.2 Å². The molecule has 0 radical (unpaired) electrons. The van der Waals surface area contributed by atoms with Crippen molar-refractivity contribution >= 4 is 16.0 Å². The maximum absolute atomic E-state index is 11.9. The number of nitrogens with zero attached hydrogens (tertiary/aromatic N) is 1. The summed E-state index contributed by atoms with van der Waals surface area (Å²) in [5.41, 5.74) is 0. The summed E-state index contributed by atoms with van der Waals surface area (Å²) in [6, 6.07) is 0. The van der Waals surface area contributed by atoms with Gasteiger partial charge in [0, 0.05) is 32.6 Å². The van der Waals surface area contributed by atoms with Gasteiger partial charge in [-0.3, -0.25) is 9.69 Å². The van der Waals surface area contributed by atoms with Gasteiger partial charge in [-0.15, -0.1) is 0 Å². The summed E-state index contributed by atoms with van der Waals surface area (Å²) < 4.78 is 32.1. The van der Waals surface area contributed by atoms with Gasteiger partial charge in [-0.05, 0) is 6.42 Å². The minimum Gasteiger partial charge on any atom is -0.748 e. The SMILES string of the molecule is CCCCCCCCCCCCCC(=O)NCCN(CCO)CC(O)CS(=O)(=O)[O-].[Na+]. The van der Waals surface area contributed by atoms with Crippen LogP contribution >= 0.6 is 0 Å². The number of unbranched alkanes of at least 4 members (excludes halogenated alkanes) is 10. The monoisotopic (exact) mass is 474 g/mol. The van der Waals surface area contributed by atoms with E-state index < -0.39 is 22.0 Å². The topological polar surface area (TPSA) is 130 Å². The molecule has 1 unspecified atom stereocenters. The summed E-state index contributed by atoms with van der Waals surface area (Å²) >= 11 is 0. The first-order chi connectivity index (χ1) is 14.3. The molecule has 0 fully saturated rings. The standard InChI is InChI=1S/C21H44N2O6S.Na/c1-2-3-4-5-6-7-8-9-10-11-12-13-21(26)22-14-15-23(16-17-24)18-20(25)19-30(27,28)29;/h20,24-25H,2-19H2,1H3,(H,22,26)(H,27,28,29);/q;+1/p-1. The second-order valence-electron chi connectivity index (χ2n) is 8.04. The molecule has 0 saturated carbocycles. The molecule has 180 valence electrons. The van der Waals surface area contributed by atoms with Crippen molar-refractivity contribution in [2.24, 2.45) is 0 Å². The molecule has 0 aliphatic heterocycles. The molecular weight excluding hydrogens is 431 g/mol. The zero-order valence-electron chi connectivity index (χ0n) is 19.7. The van der Waals surface area contributed by atoms with E-state index in [-0.39, 0.29) is 55.2 Å². The van der Waals surface area contributed by atoms with Gasteiger partial charge in [0.15, 0.2) is 0 Å². The Kier molecular flexibility index (Phi) is 23.8. The van der Waals surface area contributed by atoms with Gasteiger partial charge >= 0.3 is 29.6 Å². The molecule has 0 aliphatic carbocycles. The van der Waals surface area contributed by atoms with E-state index in [0.717, 1.165) is 19.3 Å². The summed E-state index contributed by atoms with van der Waals surface area (Å²) in [6.07, 6.45) is 12.7. The van der Waals surface area contributed by atoms with E-state index in [1.54, 1.807) is 4.90 Å². The number of rotatable bonds is 21. The van der Waals surface area contributed by atoms with Crippen LogP contribution in [0.5, 0.6) is 0 Å². The van der Waals surface area contributed by atoms with E-state index in [9.17, 15) is 22.9 Å². The van der Waals surface area contributed by atoms with Crippen molar-refractivity contribution in [1.29, 1.82) is 0 Å². The molecule has 1 amide bonds. The van der Waals surface area contributed by atoms with E-state index >= 15 is 0 Å². The summed E-state index contributed by atoms with van der Waals surface area (Å²) in [4.78, 5) is 13.5. The zero-order valence-corrected chi connectivity index (χ0v) is 22.5. The minimum atomic E-state index is -4.50. The van der Waals surface area contributed by atoms with Gasteiger partial charge in [-0.25, -0.2) is 8.42 Å². The van der Waals surface area contributed by atoms with Crippen molar-refractivity contribution in [2.45, 2.75) is 90.1 Å². The van der Waals surface area contributed by atoms with Crippen LogP contribution in [-0.4, -0.2) is 78.6 Å². The smallest absolute Gasteiger partial charge is 0.748 e. The molecule has 10 heteroatoms. The van der Waals surface area contributed by atoms with Gasteiger partial charge in [0.05, 0.1) is 28.6 Å². The van der Waals surface area contributed by atoms with Gasteiger partial charge in [0.2, 0.25) is 5.91 Å². The Hall–Kier alpha value is 0.260. The zero-order chi connectivity index (χ0) is 22.7. The van der Waals surface area contributed by atoms with Gasteiger partial charge < -0.3 is 20.1 Å². The molecule has 0 heterocycles. The van der Waals surface area contributed by atoms with Gasteiger partial charge in [-0.1, -0.05) is 71.1 Å². The van der Waals surface area contributed by atoms with Crippen molar-refractivity contribution in [2.75, 3.05) is 38.5 Å². The van der Waals surface area contributed by atoms with Crippen LogP contribution in [-0.2, 0) is 14.9 Å². The molecule has 0 aromatic heterocycles. The molecule has 0 spiro atoms. The normalized spacial score (nSPS) is 12.5. The van der Waals surface area contributed by atoms with Crippen LogP contribution in [0, 0.1) is 0 Å². The molecular formula is C21H43N2NaO6S. The Morgan fingerprint density at radius 1 is 0.968 bits per heavy atom. The first kappa shape index (κ1) is 33.4. The Bertz CT molecular complexity index is 522. The van der Waals surface area contributed by atoms with Crippen molar-refractivity contribution in [3.63, 3.8) is 0 Å². The molecule has 0 bridgehead atoms. The fraction of sp³-hybridized carbons (Fsp3) is 0.952. The van der Waals surface area contributed by atoms with Crippen molar-refractivity contribution in [3.8, 4) is 0 Å². The van der Waals surface area contributed by atoms with Crippen LogP contribution in [0.2, 0.25) is 0 Å². The Labute approximate surface area is 211 Å². The van der Waals surface area contributed by atoms with Gasteiger partial charge in [-0.2, -0.15) is 0 Å². The fourth-order valence-corrected chi connectivity index (χ4v) is 3.99. The molecule has 0 aromatic carbocycles. The third-order valence-corrected chi connectivity index (χ3v) is 5.83. The largest absolute Gasteiger partial charge is 1.00 e. The Balaban J connectivity index is 0. The minimum absolute atomic E-state index is 0. The molecule has 3 N–H and O–H groups in total. The second-order valence-corrected chi connectivity index (χ2v) is 9.49. The molecule has 8 nitrogen and oxygen atoms in total. The fourth-order valence-electron chi connectivity index (χ4n) is 3.41. The number of amides is 1. The first-order valence-electron chi connectivity index (χ1n) is 11.5. The van der Waals surface area contributed by atoms with Gasteiger partial charge in [0.25, 0.3) is 0 Å². The van der Waals surface area contributed by atoms with Crippen molar-refractivity contribution in [1.82, 2.24) is 10.2 Å². The van der Waals surface area contributed by atoms with Crippen LogP contribution in [0.1, 0.15) is 84.0 Å². The molecule has 0 saturated heterocycles. The summed E-state index contributed by atoms with van der Waals surface area (Å²) in [5.74, 6) is -0.891. The van der Waals surface area contributed by atoms with Crippen LogP contribution in [0.25, 0.3) is 0 Å². The Morgan fingerprint density at radius 2 is 1.48 bits per heavy atom. The summed E-state index contributed by atoms with van der Waals surface area (Å²) in [7, 11) is -4.50. The average molecular weight is 475 g/mol. The van der Waals surface area contributed by atoms with E-state index in [4.69, 9.17) is 5.11 Å². The van der Waals surface area contributed by atoms with Crippen LogP contribution in [0.4, 0.5) is 0 Å². The predicted molar refractivity (Wildman–Crippen MR) is 118 cm³/mol. The van der Waals surface area contributed by atoms with E-state index in [0.29, 0.717) is 19.5 Å². The third-order valence-electron chi connectivity index (χ3n) is 5.04. The molecule has 0 aliphatic rings. The van der Waals surface area contributed by atoms with Crippen molar-refractivity contribution in [3.05, 3.63) is 0 Å². The van der Waals surface area contributed by atoms with Crippen LogP contribution < -0.4 is 34.9 Å². The predicted octanol–water partition coefficient (Wildman–Crippen LogP) is -0.992. The number of carbonyl (C=O) groups is 1. The maximum atomic E-state index is 11.9. The molecule has 1 atom stereocenters. The van der Waals surface area contributed by atoms with Crippen molar-refractivity contribution < 1.29 is 57.5 Å². The number of nitrogens with one attached hydrogen (secondary N) is 1. The quantitative estimate of drug-likeness (QED) is 0.111. The van der Waals surface area contributed by atoms with E-state index in [1.807, 2.05) is 0 Å². The maximum Gasteiger partial charge on any atom is 1.00 e. The molecule has 0 rings (SSSR count). The number of aliphatic hydroxyl groups excluding tert-OH is 2. The molecule has 0 aromatic rings. The Morgan fingerprint density at radius 3 is 1.97 bits per heavy atom. The average Bonchev–Trinajstić information content (AvgIpc) is 2.64. The van der Waals surface area contributed by atoms with Crippen LogP contribution in [0.3, 0.4) is 0 Å². The summed E-state index contributed by atoms with van der Waals surface area (Å²) in [6.45, 7) is 2.95. The number of hydrogen-bond acceptors (Lipinski definition) is 7. The van der Waals surface area contributed by atoms with Crippen LogP contribution in [0.15, 0.2) is 0 Å². The molecule has 31 heavy (non-hydrogen) atoms. The van der Waals surface area contributed by atoms with E-state index in [1.165, 1.54) is 51.4 Å². The number of hydrogen-bond donors (Lipinski definition) is 3. The summed E-state index contributed by atoms with van der Waals surface area (Å²) in [5, 5.41) is 21.5.